The van der Waals surface area contributed by atoms with Gasteiger partial charge in [0.25, 0.3) is 0 Å². The maximum Gasteiger partial charge on any atom is 0.313 e. The molecule has 1 saturated heterocycles. The van der Waals surface area contributed by atoms with Crippen LogP contribution in [0.25, 0.3) is 0 Å². The third-order valence-electron chi connectivity index (χ3n) is 5.75. The van der Waals surface area contributed by atoms with E-state index < -0.39 is 17.9 Å². The van der Waals surface area contributed by atoms with Crippen LogP contribution in [-0.2, 0) is 14.4 Å². The van der Waals surface area contributed by atoms with Crippen LogP contribution in [0, 0.1) is 0 Å². The first-order valence-corrected chi connectivity index (χ1v) is 10.6. The predicted octanol–water partition coefficient (Wildman–Crippen LogP) is 2.65. The summed E-state index contributed by atoms with van der Waals surface area (Å²) < 4.78 is 0. The van der Waals surface area contributed by atoms with Gasteiger partial charge in [-0.1, -0.05) is 62.9 Å². The van der Waals surface area contributed by atoms with Gasteiger partial charge in [-0.2, -0.15) is 0 Å². The van der Waals surface area contributed by atoms with Gasteiger partial charge in [0.1, 0.15) is 6.04 Å². The van der Waals surface area contributed by atoms with Crippen molar-refractivity contribution >= 4 is 17.7 Å². The molecule has 1 aromatic rings. The fourth-order valence-corrected chi connectivity index (χ4v) is 4.13. The van der Waals surface area contributed by atoms with Gasteiger partial charge in [0.2, 0.25) is 5.91 Å². The van der Waals surface area contributed by atoms with Crippen molar-refractivity contribution in [1.82, 2.24) is 15.1 Å². The van der Waals surface area contributed by atoms with E-state index in [2.05, 4.69) is 12.2 Å². The number of carbonyl (C=O) groups excluding carboxylic acids is 3. The summed E-state index contributed by atoms with van der Waals surface area (Å²) in [6.07, 6.45) is 7.25. The zero-order valence-corrected chi connectivity index (χ0v) is 16.7. The van der Waals surface area contributed by atoms with Crippen molar-refractivity contribution in [2.45, 2.75) is 64.0 Å². The van der Waals surface area contributed by atoms with Gasteiger partial charge in [0, 0.05) is 25.7 Å². The second-order valence-electron chi connectivity index (χ2n) is 7.80. The fourth-order valence-electron chi connectivity index (χ4n) is 4.13. The number of nitrogens with one attached hydrogen (secondary N) is 1. The Kier molecular flexibility index (Phi) is 7.06. The van der Waals surface area contributed by atoms with Crippen molar-refractivity contribution in [3.8, 4) is 0 Å². The van der Waals surface area contributed by atoms with Crippen molar-refractivity contribution in [1.29, 1.82) is 0 Å². The standard InChI is InChI=1S/C22H31N3O3/c1-2-3-14-24-15-16-25(22(28)21(24)27)19(17-10-6-4-7-11-17)20(26)23-18-12-8-5-9-13-18/h4,6-7,10-11,18-19H,2-3,5,8-9,12-16H2,1H3,(H,23,26)/t19-/m0/s1. The van der Waals surface area contributed by atoms with Crippen LogP contribution >= 0.6 is 0 Å². The molecule has 0 aromatic heterocycles. The van der Waals surface area contributed by atoms with Gasteiger partial charge in [-0.05, 0) is 24.8 Å². The Hall–Kier alpha value is -2.37. The summed E-state index contributed by atoms with van der Waals surface area (Å²) in [7, 11) is 0. The van der Waals surface area contributed by atoms with Crippen molar-refractivity contribution < 1.29 is 14.4 Å². The van der Waals surface area contributed by atoms with Crippen LogP contribution in [0.15, 0.2) is 30.3 Å². The van der Waals surface area contributed by atoms with E-state index in [0.717, 1.165) is 44.1 Å². The van der Waals surface area contributed by atoms with Crippen LogP contribution in [-0.4, -0.2) is 53.2 Å². The van der Waals surface area contributed by atoms with Gasteiger partial charge in [-0.15, -0.1) is 0 Å². The highest BCUT2D eigenvalue weighted by Crippen LogP contribution is 2.25. The van der Waals surface area contributed by atoms with Crippen LogP contribution in [0.2, 0.25) is 0 Å². The third kappa shape index (κ3) is 4.72. The minimum absolute atomic E-state index is 0.157. The zero-order chi connectivity index (χ0) is 19.9. The molecule has 152 valence electrons. The Morgan fingerprint density at radius 2 is 1.79 bits per heavy atom. The summed E-state index contributed by atoms with van der Waals surface area (Å²) in [6.45, 7) is 3.51. The molecule has 3 amide bonds. The molecule has 1 aromatic carbocycles. The van der Waals surface area contributed by atoms with Gasteiger partial charge in [0.15, 0.2) is 0 Å². The number of unbranched alkanes of at least 4 members (excludes halogenated alkanes) is 1. The van der Waals surface area contributed by atoms with Crippen LogP contribution in [0.1, 0.15) is 63.5 Å². The first-order valence-electron chi connectivity index (χ1n) is 10.6. The van der Waals surface area contributed by atoms with Crippen LogP contribution < -0.4 is 5.32 Å². The Morgan fingerprint density at radius 1 is 1.07 bits per heavy atom. The van der Waals surface area contributed by atoms with Gasteiger partial charge < -0.3 is 15.1 Å². The SMILES string of the molecule is CCCCN1CCN([C@H](C(=O)NC2CCCCC2)c2ccccc2)C(=O)C1=O. The fraction of sp³-hybridized carbons (Fsp3) is 0.591. The monoisotopic (exact) mass is 385 g/mol. The second kappa shape index (κ2) is 9.71. The third-order valence-corrected chi connectivity index (χ3v) is 5.75. The lowest BCUT2D eigenvalue weighted by Gasteiger charge is -2.38. The van der Waals surface area contributed by atoms with Gasteiger partial charge in [-0.25, -0.2) is 0 Å². The van der Waals surface area contributed by atoms with E-state index in [1.807, 2.05) is 30.3 Å². The Labute approximate surface area is 167 Å². The number of rotatable bonds is 7. The molecule has 3 rings (SSSR count). The number of piperazine rings is 1. The molecule has 6 nitrogen and oxygen atoms in total. The Balaban J connectivity index is 1.78. The average Bonchev–Trinajstić information content (AvgIpc) is 2.72. The first-order chi connectivity index (χ1) is 13.6. The second-order valence-corrected chi connectivity index (χ2v) is 7.80. The Morgan fingerprint density at radius 3 is 2.46 bits per heavy atom. The molecule has 1 aliphatic heterocycles. The summed E-state index contributed by atoms with van der Waals surface area (Å²) in [5, 5.41) is 3.14. The molecule has 1 aliphatic carbocycles. The Bertz CT molecular complexity index is 686. The molecule has 0 bridgehead atoms. The molecular formula is C22H31N3O3. The summed E-state index contributed by atoms with van der Waals surface area (Å²) in [4.78, 5) is 41.7. The van der Waals surface area contributed by atoms with Crippen molar-refractivity contribution in [2.24, 2.45) is 0 Å². The molecule has 1 N–H and O–H groups in total. The molecule has 2 fully saturated rings. The minimum Gasteiger partial charge on any atom is -0.351 e. The first kappa shape index (κ1) is 20.4. The highest BCUT2D eigenvalue weighted by Gasteiger charge is 2.40. The molecule has 0 radical (unpaired) electrons. The predicted molar refractivity (Wildman–Crippen MR) is 107 cm³/mol. The maximum absolute atomic E-state index is 13.2. The van der Waals surface area contributed by atoms with E-state index in [-0.39, 0.29) is 11.9 Å². The van der Waals surface area contributed by atoms with Crippen LogP contribution in [0.4, 0.5) is 0 Å². The number of benzene rings is 1. The summed E-state index contributed by atoms with van der Waals surface area (Å²) in [6, 6.07) is 8.71. The normalized spacial score (nSPS) is 19.6. The van der Waals surface area contributed by atoms with E-state index in [0.29, 0.717) is 19.6 Å². The van der Waals surface area contributed by atoms with Gasteiger partial charge >= 0.3 is 11.8 Å². The molecule has 1 heterocycles. The quantitative estimate of drug-likeness (QED) is 0.734. The topological polar surface area (TPSA) is 69.7 Å². The number of nitrogens with zero attached hydrogens (tertiary/aromatic N) is 2. The molecule has 0 spiro atoms. The smallest absolute Gasteiger partial charge is 0.313 e. The summed E-state index contributed by atoms with van der Waals surface area (Å²) in [5.74, 6) is -1.25. The van der Waals surface area contributed by atoms with E-state index in [4.69, 9.17) is 0 Å². The number of amides is 3. The molecule has 2 aliphatic rings. The van der Waals surface area contributed by atoms with Crippen molar-refractivity contribution in [3.63, 3.8) is 0 Å². The molecule has 28 heavy (non-hydrogen) atoms. The molecule has 6 heteroatoms. The molecule has 1 atom stereocenters. The van der Waals surface area contributed by atoms with Gasteiger partial charge in [-0.3, -0.25) is 14.4 Å². The average molecular weight is 386 g/mol. The lowest BCUT2D eigenvalue weighted by Crippen LogP contribution is -2.58. The lowest BCUT2D eigenvalue weighted by molar-refractivity contribution is -0.159. The maximum atomic E-state index is 13.2. The van der Waals surface area contributed by atoms with Crippen molar-refractivity contribution in [2.75, 3.05) is 19.6 Å². The zero-order valence-electron chi connectivity index (χ0n) is 16.7. The number of hydrogen-bond donors (Lipinski definition) is 1. The van der Waals surface area contributed by atoms with E-state index in [1.165, 1.54) is 11.3 Å². The van der Waals surface area contributed by atoms with E-state index >= 15 is 0 Å². The summed E-state index contributed by atoms with van der Waals surface area (Å²) in [5.41, 5.74) is 0.749. The molecular weight excluding hydrogens is 354 g/mol. The van der Waals surface area contributed by atoms with Crippen molar-refractivity contribution in [3.05, 3.63) is 35.9 Å². The largest absolute Gasteiger partial charge is 0.351 e. The van der Waals surface area contributed by atoms with Crippen LogP contribution in [0.5, 0.6) is 0 Å². The number of carbonyl (C=O) groups is 3. The van der Waals surface area contributed by atoms with Gasteiger partial charge in [0.05, 0.1) is 0 Å². The van der Waals surface area contributed by atoms with E-state index in [9.17, 15) is 14.4 Å². The summed E-state index contributed by atoms with van der Waals surface area (Å²) >= 11 is 0. The van der Waals surface area contributed by atoms with E-state index in [1.54, 1.807) is 4.90 Å². The highest BCUT2D eigenvalue weighted by atomic mass is 16.2. The van der Waals surface area contributed by atoms with Crippen LogP contribution in [0.3, 0.4) is 0 Å². The lowest BCUT2D eigenvalue weighted by atomic mass is 9.94. The minimum atomic E-state index is -0.757. The highest BCUT2D eigenvalue weighted by molar-refractivity contribution is 6.35. The number of hydrogen-bond acceptors (Lipinski definition) is 3. The molecule has 0 unspecified atom stereocenters. The molecule has 1 saturated carbocycles.